The number of hydrogen-bond acceptors (Lipinski definition) is 5. The maximum atomic E-state index is 12.0. The second-order valence-corrected chi connectivity index (χ2v) is 9.11. The number of nitrogens with two attached hydrogens (primary N) is 1. The van der Waals surface area contributed by atoms with Gasteiger partial charge in [-0.1, -0.05) is 12.5 Å². The summed E-state index contributed by atoms with van der Waals surface area (Å²) in [5.41, 5.74) is 4.22. The molecule has 0 aromatic carbocycles. The van der Waals surface area contributed by atoms with Crippen LogP contribution in [0.5, 0.6) is 0 Å². The molecule has 4 aliphatic rings. The number of likely N-dealkylation sites (tertiary alicyclic amines) is 1. The molecule has 1 saturated heterocycles. The third-order valence-corrected chi connectivity index (χ3v) is 8.36. The van der Waals surface area contributed by atoms with Gasteiger partial charge in [0.15, 0.2) is 6.29 Å². The van der Waals surface area contributed by atoms with E-state index in [1.807, 2.05) is 0 Å². The van der Waals surface area contributed by atoms with Crippen LogP contribution in [-0.4, -0.2) is 49.1 Å². The average Bonchev–Trinajstić information content (AvgIpc) is 2.99. The largest absolute Gasteiger partial charge is 0.545 e. The maximum absolute atomic E-state index is 12.0. The molecule has 2 spiro atoms. The Hall–Kier alpha value is -1.73. The lowest BCUT2D eigenvalue weighted by molar-refractivity contribution is -0.826. The Bertz CT molecular complexity index is 762. The fourth-order valence-electron chi connectivity index (χ4n) is 7.39. The molecule has 6 unspecified atom stereocenters. The highest BCUT2D eigenvalue weighted by molar-refractivity contribution is 5.96. The van der Waals surface area contributed by atoms with Crippen LogP contribution >= 0.6 is 0 Å². The van der Waals surface area contributed by atoms with E-state index in [0.29, 0.717) is 24.6 Å². The van der Waals surface area contributed by atoms with Crippen molar-refractivity contribution in [1.82, 2.24) is 0 Å². The standard InChI is InChI=1S/C20H29N3O4/c1-12-4-5-13-8-14-15(16(25)26)19(27,11-24)9-20(12,14)18(13)6-3-7-23(10-18)17(21)22-2/h11-13,27H,3-10H2,1-2H3,(H2,21,22)(H,25,26). The number of carbonyl (C=O) groups is 2. The second kappa shape index (κ2) is 5.88. The molecule has 1 heterocycles. The summed E-state index contributed by atoms with van der Waals surface area (Å²) < 4.78 is 0. The van der Waals surface area contributed by atoms with Crippen molar-refractivity contribution in [3.8, 4) is 0 Å². The van der Waals surface area contributed by atoms with Crippen molar-refractivity contribution < 1.29 is 24.7 Å². The topological polar surface area (TPSA) is 120 Å². The van der Waals surface area contributed by atoms with E-state index in [0.717, 1.165) is 49.2 Å². The number of piperidine rings is 1. The van der Waals surface area contributed by atoms with Gasteiger partial charge in [-0.15, -0.1) is 0 Å². The van der Waals surface area contributed by atoms with Crippen LogP contribution in [0, 0.1) is 22.7 Å². The number of hydrogen-bond donors (Lipinski definition) is 3. The van der Waals surface area contributed by atoms with E-state index in [1.165, 1.54) is 0 Å². The van der Waals surface area contributed by atoms with Crippen molar-refractivity contribution in [2.75, 3.05) is 20.1 Å². The Morgan fingerprint density at radius 1 is 1.44 bits per heavy atom. The van der Waals surface area contributed by atoms with E-state index in [-0.39, 0.29) is 23.3 Å². The van der Waals surface area contributed by atoms with Crippen LogP contribution in [0.25, 0.3) is 0 Å². The third kappa shape index (κ3) is 2.12. The van der Waals surface area contributed by atoms with Crippen LogP contribution in [0.15, 0.2) is 16.1 Å². The van der Waals surface area contributed by atoms with E-state index in [4.69, 9.17) is 5.73 Å². The summed E-state index contributed by atoms with van der Waals surface area (Å²) in [7, 11) is 1.69. The van der Waals surface area contributed by atoms with Crippen molar-refractivity contribution in [3.63, 3.8) is 0 Å². The highest BCUT2D eigenvalue weighted by Crippen LogP contribution is 2.75. The number of guanidine groups is 1. The van der Waals surface area contributed by atoms with Crippen molar-refractivity contribution >= 4 is 18.2 Å². The molecule has 0 radical (unpaired) electrons. The van der Waals surface area contributed by atoms with Crippen LogP contribution in [0.3, 0.4) is 0 Å². The summed E-state index contributed by atoms with van der Waals surface area (Å²) in [5.74, 6) is -0.263. The van der Waals surface area contributed by atoms with Crippen molar-refractivity contribution in [2.24, 2.45) is 33.4 Å². The minimum atomic E-state index is -1.94. The molecule has 2 saturated carbocycles. The Kier molecular flexibility index (Phi) is 4.06. The van der Waals surface area contributed by atoms with Gasteiger partial charge >= 0.3 is 0 Å². The molecule has 0 aromatic rings. The van der Waals surface area contributed by atoms with Gasteiger partial charge in [-0.3, -0.25) is 9.69 Å². The molecule has 2 bridgehead atoms. The molecule has 7 heteroatoms. The molecule has 4 N–H and O–H groups in total. The van der Waals surface area contributed by atoms with Crippen molar-refractivity contribution in [3.05, 3.63) is 11.1 Å². The Morgan fingerprint density at radius 2 is 2.19 bits per heavy atom. The van der Waals surface area contributed by atoms with Gasteiger partial charge in [-0.2, -0.15) is 0 Å². The lowest BCUT2D eigenvalue weighted by Crippen LogP contribution is -3.18. The predicted octanol–water partition coefficient (Wildman–Crippen LogP) is -1.59. The van der Waals surface area contributed by atoms with E-state index in [1.54, 1.807) is 7.05 Å². The highest BCUT2D eigenvalue weighted by Gasteiger charge is 2.73. The summed E-state index contributed by atoms with van der Waals surface area (Å²) in [6, 6.07) is 0. The average molecular weight is 375 g/mol. The number of aliphatic hydroxyl groups is 1. The zero-order valence-corrected chi connectivity index (χ0v) is 16.1. The first kappa shape index (κ1) is 18.6. The van der Waals surface area contributed by atoms with E-state index in [9.17, 15) is 19.8 Å². The van der Waals surface area contributed by atoms with Gasteiger partial charge < -0.3 is 20.7 Å². The number of aliphatic imine (C=N–C) groups is 1. The fraction of sp³-hybridized carbons (Fsp3) is 0.750. The van der Waals surface area contributed by atoms with Gasteiger partial charge in [-0.05, 0) is 50.4 Å². The van der Waals surface area contributed by atoms with E-state index >= 15 is 0 Å². The molecule has 3 fully saturated rings. The lowest BCUT2D eigenvalue weighted by Gasteiger charge is -2.57. The summed E-state index contributed by atoms with van der Waals surface area (Å²) in [5, 5.41) is 23.0. The zero-order chi connectivity index (χ0) is 19.6. The Labute approximate surface area is 159 Å². The highest BCUT2D eigenvalue weighted by atomic mass is 16.4. The third-order valence-electron chi connectivity index (χ3n) is 8.36. The number of carboxylic acids is 1. The van der Waals surface area contributed by atoms with E-state index < -0.39 is 17.0 Å². The molecular weight excluding hydrogens is 346 g/mol. The minimum Gasteiger partial charge on any atom is -0.545 e. The molecular formula is C20H29N3O4. The van der Waals surface area contributed by atoms with Crippen molar-refractivity contribution in [1.29, 1.82) is 0 Å². The van der Waals surface area contributed by atoms with Gasteiger partial charge in [0.05, 0.1) is 19.1 Å². The van der Waals surface area contributed by atoms with Gasteiger partial charge in [0.25, 0.3) is 5.96 Å². The van der Waals surface area contributed by atoms with Gasteiger partial charge in [0.1, 0.15) is 5.60 Å². The molecule has 7 nitrogen and oxygen atoms in total. The number of aliphatic carboxylic acids is 1. The number of quaternary nitrogens is 1. The number of carboxylic acid groups (broad SMARTS) is 1. The predicted molar refractivity (Wildman–Crippen MR) is 96.5 cm³/mol. The maximum Gasteiger partial charge on any atom is 0.293 e. The number of carbonyl (C=O) groups excluding carboxylic acids is 2. The van der Waals surface area contributed by atoms with Crippen LogP contribution in [0.2, 0.25) is 0 Å². The fourth-order valence-corrected chi connectivity index (χ4v) is 7.39. The number of nitrogens with zero attached hydrogens (tertiary/aromatic N) is 1. The molecule has 1 aliphatic heterocycles. The Balaban J connectivity index is 1.91. The molecule has 3 aliphatic carbocycles. The van der Waals surface area contributed by atoms with Crippen LogP contribution in [0.1, 0.15) is 45.4 Å². The molecule has 0 amide bonds. The Morgan fingerprint density at radius 3 is 2.81 bits per heavy atom. The monoisotopic (exact) mass is 375 g/mol. The number of allylic oxidation sites excluding steroid dienone is 1. The number of rotatable bonds is 2. The van der Waals surface area contributed by atoms with Gasteiger partial charge in [0, 0.05) is 23.5 Å². The first-order valence-electron chi connectivity index (χ1n) is 9.97. The second-order valence-electron chi connectivity index (χ2n) is 9.11. The summed E-state index contributed by atoms with van der Waals surface area (Å²) in [6.45, 7) is 3.84. The summed E-state index contributed by atoms with van der Waals surface area (Å²) >= 11 is 0. The van der Waals surface area contributed by atoms with Gasteiger partial charge in [-0.25, -0.2) is 4.99 Å². The molecule has 0 aromatic heterocycles. The van der Waals surface area contributed by atoms with E-state index in [2.05, 4.69) is 11.9 Å². The SMILES string of the molecule is CN=C(N)[NH+]1CCCC2(C1)C1CCC(C)C23CC(O)(C=O)C(C(=O)[O-])=C3C1. The molecule has 4 rings (SSSR count). The molecule has 27 heavy (non-hydrogen) atoms. The van der Waals surface area contributed by atoms with Crippen LogP contribution in [0.4, 0.5) is 0 Å². The van der Waals surface area contributed by atoms with Crippen LogP contribution in [-0.2, 0) is 9.59 Å². The molecule has 148 valence electrons. The normalized spacial score (nSPS) is 46.6. The van der Waals surface area contributed by atoms with Crippen LogP contribution < -0.4 is 15.7 Å². The minimum absolute atomic E-state index is 0.155. The summed E-state index contributed by atoms with van der Waals surface area (Å²) in [4.78, 5) is 29.1. The summed E-state index contributed by atoms with van der Waals surface area (Å²) in [6.07, 6.45) is 5.19. The zero-order valence-electron chi connectivity index (χ0n) is 16.1. The smallest absolute Gasteiger partial charge is 0.293 e. The quantitative estimate of drug-likeness (QED) is 0.305. The van der Waals surface area contributed by atoms with Crippen molar-refractivity contribution in [2.45, 2.75) is 51.0 Å². The van der Waals surface area contributed by atoms with Gasteiger partial charge in [0.2, 0.25) is 0 Å². The molecule has 6 atom stereocenters. The lowest BCUT2D eigenvalue weighted by atomic mass is 9.48. The first-order chi connectivity index (χ1) is 12.8. The number of nitrogens with one attached hydrogen (secondary N) is 1. The number of aldehydes is 1. The first-order valence-corrected chi connectivity index (χ1v) is 9.97.